The van der Waals surface area contributed by atoms with E-state index in [0.717, 1.165) is 18.8 Å². The third-order valence-electron chi connectivity index (χ3n) is 3.16. The van der Waals surface area contributed by atoms with Crippen LogP contribution in [0.25, 0.3) is 0 Å². The summed E-state index contributed by atoms with van der Waals surface area (Å²) >= 11 is 0. The molecule has 1 fully saturated rings. The number of nitro groups is 1. The molecule has 1 N–H and O–H groups in total. The highest BCUT2D eigenvalue weighted by molar-refractivity contribution is 5.52. The number of non-ortho nitro benzene ring substituents is 1. The van der Waals surface area contributed by atoms with Crippen LogP contribution >= 0.6 is 0 Å². The van der Waals surface area contributed by atoms with Gasteiger partial charge in [-0.25, -0.2) is 0 Å². The fraction of sp³-hybridized carbons (Fsp3) is 0.500. The summed E-state index contributed by atoms with van der Waals surface area (Å²) in [5.41, 5.74) is 1.20. The van der Waals surface area contributed by atoms with Gasteiger partial charge in [0.15, 0.2) is 0 Å². The van der Waals surface area contributed by atoms with E-state index < -0.39 is 0 Å². The molecule has 0 amide bonds. The molecule has 5 heteroatoms. The lowest BCUT2D eigenvalue weighted by Gasteiger charge is -2.39. The van der Waals surface area contributed by atoms with E-state index in [1.54, 1.807) is 12.1 Å². The molecule has 0 bridgehead atoms. The van der Waals surface area contributed by atoms with Gasteiger partial charge in [-0.05, 0) is 26.0 Å². The molecule has 0 unspecified atom stereocenters. The van der Waals surface area contributed by atoms with Crippen LogP contribution in [0, 0.1) is 10.1 Å². The summed E-state index contributed by atoms with van der Waals surface area (Å²) in [5.74, 6) is 0. The molecule has 0 spiro atoms. The first kappa shape index (κ1) is 11.9. The standard InChI is InChI=1S/C12H17N3O2/c1-9-8-14(10(2)7-13-9)11-3-5-12(6-4-11)15(16)17/h3-6,9-10,13H,7-8H2,1-2H3/t9-,10+/m1/s1. The highest BCUT2D eigenvalue weighted by atomic mass is 16.6. The Bertz CT molecular complexity index is 405. The maximum Gasteiger partial charge on any atom is 0.269 e. The monoisotopic (exact) mass is 235 g/mol. The van der Waals surface area contributed by atoms with E-state index in [0.29, 0.717) is 12.1 Å². The first-order valence-electron chi connectivity index (χ1n) is 5.82. The molecule has 1 heterocycles. The van der Waals surface area contributed by atoms with Gasteiger partial charge in [0.25, 0.3) is 5.69 Å². The summed E-state index contributed by atoms with van der Waals surface area (Å²) in [6.07, 6.45) is 0. The topological polar surface area (TPSA) is 58.4 Å². The van der Waals surface area contributed by atoms with Crippen LogP contribution in [-0.4, -0.2) is 30.1 Å². The molecule has 5 nitrogen and oxygen atoms in total. The molecule has 1 aliphatic heterocycles. The third-order valence-corrected chi connectivity index (χ3v) is 3.16. The number of nitrogens with zero attached hydrogens (tertiary/aromatic N) is 2. The number of piperazine rings is 1. The van der Waals surface area contributed by atoms with E-state index >= 15 is 0 Å². The SMILES string of the molecule is C[C@@H]1CN(c2ccc([N+](=O)[O-])cc2)[C@@H](C)CN1. The van der Waals surface area contributed by atoms with Crippen LogP contribution in [-0.2, 0) is 0 Å². The first-order chi connectivity index (χ1) is 8.08. The van der Waals surface area contributed by atoms with Crippen molar-refractivity contribution in [3.8, 4) is 0 Å². The normalized spacial score (nSPS) is 24.7. The van der Waals surface area contributed by atoms with Gasteiger partial charge < -0.3 is 10.2 Å². The molecule has 1 aliphatic rings. The van der Waals surface area contributed by atoms with E-state index in [2.05, 4.69) is 24.1 Å². The highest BCUT2D eigenvalue weighted by Gasteiger charge is 2.22. The molecule has 92 valence electrons. The molecular formula is C12H17N3O2. The third kappa shape index (κ3) is 2.55. The Hall–Kier alpha value is -1.62. The average molecular weight is 235 g/mol. The Morgan fingerprint density at radius 2 is 2.00 bits per heavy atom. The average Bonchev–Trinajstić information content (AvgIpc) is 2.32. The Morgan fingerprint density at radius 3 is 2.59 bits per heavy atom. The molecule has 0 aromatic heterocycles. The fourth-order valence-electron chi connectivity index (χ4n) is 2.15. The predicted octanol–water partition coefficient (Wildman–Crippen LogP) is 1.78. The number of hydrogen-bond acceptors (Lipinski definition) is 4. The second kappa shape index (κ2) is 4.71. The number of nitrogens with one attached hydrogen (secondary N) is 1. The Kier molecular flexibility index (Phi) is 3.28. The number of rotatable bonds is 2. The molecule has 2 atom stereocenters. The van der Waals surface area contributed by atoms with Crippen molar-refractivity contribution in [1.82, 2.24) is 5.32 Å². The lowest BCUT2D eigenvalue weighted by atomic mass is 10.1. The van der Waals surface area contributed by atoms with Crippen LogP contribution in [0.4, 0.5) is 11.4 Å². The fourth-order valence-corrected chi connectivity index (χ4v) is 2.15. The number of anilines is 1. The molecule has 0 aliphatic carbocycles. The van der Waals surface area contributed by atoms with Gasteiger partial charge in [-0.2, -0.15) is 0 Å². The molecule has 1 saturated heterocycles. The van der Waals surface area contributed by atoms with Crippen LogP contribution in [0.1, 0.15) is 13.8 Å². The maximum absolute atomic E-state index is 10.6. The molecule has 17 heavy (non-hydrogen) atoms. The minimum Gasteiger partial charge on any atom is -0.366 e. The van der Waals surface area contributed by atoms with Crippen LogP contribution in [0.2, 0.25) is 0 Å². The van der Waals surface area contributed by atoms with Crippen molar-refractivity contribution < 1.29 is 4.92 Å². The Morgan fingerprint density at radius 1 is 1.35 bits per heavy atom. The lowest BCUT2D eigenvalue weighted by molar-refractivity contribution is -0.384. The van der Waals surface area contributed by atoms with Crippen LogP contribution in [0.3, 0.4) is 0 Å². The van der Waals surface area contributed by atoms with Crippen LogP contribution < -0.4 is 10.2 Å². The van der Waals surface area contributed by atoms with Crippen molar-refractivity contribution in [3.63, 3.8) is 0 Å². The van der Waals surface area contributed by atoms with Gasteiger partial charge >= 0.3 is 0 Å². The van der Waals surface area contributed by atoms with Crippen molar-refractivity contribution in [2.24, 2.45) is 0 Å². The quantitative estimate of drug-likeness (QED) is 0.627. The molecule has 0 saturated carbocycles. The van der Waals surface area contributed by atoms with E-state index in [1.165, 1.54) is 0 Å². The van der Waals surface area contributed by atoms with Gasteiger partial charge in [-0.3, -0.25) is 10.1 Å². The molecule has 0 radical (unpaired) electrons. The van der Waals surface area contributed by atoms with E-state index in [-0.39, 0.29) is 10.6 Å². The summed E-state index contributed by atoms with van der Waals surface area (Å²) in [4.78, 5) is 12.5. The van der Waals surface area contributed by atoms with Gasteiger partial charge in [0.05, 0.1) is 4.92 Å². The second-order valence-corrected chi connectivity index (χ2v) is 4.58. The van der Waals surface area contributed by atoms with Crippen molar-refractivity contribution in [2.45, 2.75) is 25.9 Å². The minimum absolute atomic E-state index is 0.143. The van der Waals surface area contributed by atoms with Gasteiger partial charge in [-0.15, -0.1) is 0 Å². The van der Waals surface area contributed by atoms with E-state index in [4.69, 9.17) is 0 Å². The van der Waals surface area contributed by atoms with Gasteiger partial charge in [-0.1, -0.05) is 0 Å². The molecule has 1 aromatic carbocycles. The van der Waals surface area contributed by atoms with Crippen molar-refractivity contribution in [1.29, 1.82) is 0 Å². The summed E-state index contributed by atoms with van der Waals surface area (Å²) in [6.45, 7) is 6.17. The zero-order valence-electron chi connectivity index (χ0n) is 10.1. The summed E-state index contributed by atoms with van der Waals surface area (Å²) < 4.78 is 0. The van der Waals surface area contributed by atoms with Gasteiger partial charge in [0.1, 0.15) is 0 Å². The van der Waals surface area contributed by atoms with Crippen molar-refractivity contribution in [3.05, 3.63) is 34.4 Å². The van der Waals surface area contributed by atoms with Gasteiger partial charge in [0, 0.05) is 43.0 Å². The lowest BCUT2D eigenvalue weighted by Crippen LogP contribution is -2.54. The zero-order valence-corrected chi connectivity index (χ0v) is 10.1. The van der Waals surface area contributed by atoms with Gasteiger partial charge in [0.2, 0.25) is 0 Å². The molecular weight excluding hydrogens is 218 g/mol. The summed E-state index contributed by atoms with van der Waals surface area (Å²) in [7, 11) is 0. The Balaban J connectivity index is 2.18. The summed E-state index contributed by atoms with van der Waals surface area (Å²) in [6, 6.07) is 7.64. The smallest absolute Gasteiger partial charge is 0.269 e. The summed E-state index contributed by atoms with van der Waals surface area (Å²) in [5, 5.41) is 14.0. The maximum atomic E-state index is 10.6. The first-order valence-corrected chi connectivity index (χ1v) is 5.82. The predicted molar refractivity (Wildman–Crippen MR) is 67.4 cm³/mol. The highest BCUT2D eigenvalue weighted by Crippen LogP contribution is 2.22. The number of nitro benzene ring substituents is 1. The zero-order chi connectivity index (χ0) is 12.4. The van der Waals surface area contributed by atoms with Crippen LogP contribution in [0.5, 0.6) is 0 Å². The van der Waals surface area contributed by atoms with E-state index in [9.17, 15) is 10.1 Å². The molecule has 2 rings (SSSR count). The largest absolute Gasteiger partial charge is 0.366 e. The van der Waals surface area contributed by atoms with Crippen molar-refractivity contribution in [2.75, 3.05) is 18.0 Å². The van der Waals surface area contributed by atoms with Crippen molar-refractivity contribution >= 4 is 11.4 Å². The molecule has 1 aromatic rings. The Labute approximate surface area is 101 Å². The van der Waals surface area contributed by atoms with Crippen LogP contribution in [0.15, 0.2) is 24.3 Å². The number of hydrogen-bond donors (Lipinski definition) is 1. The second-order valence-electron chi connectivity index (χ2n) is 4.58. The number of benzene rings is 1. The van der Waals surface area contributed by atoms with E-state index in [1.807, 2.05) is 12.1 Å². The minimum atomic E-state index is -0.367.